The number of amides is 1. The Bertz CT molecular complexity index is 1640. The molecule has 1 aliphatic heterocycles. The van der Waals surface area contributed by atoms with Gasteiger partial charge in [-0.25, -0.2) is 21.1 Å². The lowest BCUT2D eigenvalue weighted by Gasteiger charge is -2.30. The Labute approximate surface area is 245 Å². The molecule has 0 bridgehead atoms. The number of benzene rings is 3. The largest absolute Gasteiger partial charge is 0.417 e. The molecule has 4 rings (SSSR count). The van der Waals surface area contributed by atoms with E-state index in [0.717, 1.165) is 12.1 Å². The maximum absolute atomic E-state index is 13.1. The highest BCUT2D eigenvalue weighted by Crippen LogP contribution is 2.36. The predicted molar refractivity (Wildman–Crippen MR) is 151 cm³/mol. The van der Waals surface area contributed by atoms with E-state index in [-0.39, 0.29) is 35.3 Å². The first-order chi connectivity index (χ1) is 19.2. The zero-order chi connectivity index (χ0) is 30.0. The first-order valence-corrected chi connectivity index (χ1v) is 16.0. The molecule has 0 unspecified atom stereocenters. The Morgan fingerprint density at radius 2 is 1.49 bits per heavy atom. The zero-order valence-corrected chi connectivity index (χ0v) is 24.3. The lowest BCUT2D eigenvalue weighted by atomic mass is 9.97. The molecule has 3 aromatic rings. The second-order valence-electron chi connectivity index (χ2n) is 9.33. The van der Waals surface area contributed by atoms with Crippen LogP contribution in [0.15, 0.2) is 71.6 Å². The molecule has 0 aromatic heterocycles. The topological polar surface area (TPSA) is 113 Å². The van der Waals surface area contributed by atoms with Crippen LogP contribution in [-0.4, -0.2) is 40.1 Å². The van der Waals surface area contributed by atoms with Crippen LogP contribution in [0.25, 0.3) is 0 Å². The summed E-state index contributed by atoms with van der Waals surface area (Å²) in [4.78, 5) is 12.6. The Hall–Kier alpha value is -2.84. The lowest BCUT2D eigenvalue weighted by Crippen LogP contribution is -2.41. The third-order valence-corrected chi connectivity index (χ3v) is 10.4. The van der Waals surface area contributed by atoms with Gasteiger partial charge in [0.15, 0.2) is 0 Å². The molecule has 220 valence electrons. The first-order valence-electron chi connectivity index (χ1n) is 12.2. The smallest absolute Gasteiger partial charge is 0.326 e. The van der Waals surface area contributed by atoms with E-state index >= 15 is 0 Å². The number of halogens is 5. The number of piperidine rings is 1. The van der Waals surface area contributed by atoms with E-state index in [2.05, 4.69) is 10.0 Å². The molecule has 0 aliphatic carbocycles. The van der Waals surface area contributed by atoms with Gasteiger partial charge in [-0.15, -0.1) is 0 Å². The summed E-state index contributed by atoms with van der Waals surface area (Å²) in [6.45, 7) is 0.322. The fourth-order valence-electron chi connectivity index (χ4n) is 4.28. The summed E-state index contributed by atoms with van der Waals surface area (Å²) in [7, 11) is -7.87. The fraction of sp³-hybridized carbons (Fsp3) is 0.269. The van der Waals surface area contributed by atoms with Crippen LogP contribution >= 0.6 is 23.2 Å². The van der Waals surface area contributed by atoms with Gasteiger partial charge in [0.25, 0.3) is 10.0 Å². The van der Waals surface area contributed by atoms with Crippen LogP contribution in [0.5, 0.6) is 0 Å². The normalized spacial score (nSPS) is 15.4. The van der Waals surface area contributed by atoms with Crippen LogP contribution in [0.1, 0.15) is 24.0 Å². The van der Waals surface area contributed by atoms with Gasteiger partial charge in [0, 0.05) is 35.4 Å². The number of rotatable bonds is 8. The van der Waals surface area contributed by atoms with Crippen LogP contribution in [-0.2, 0) is 36.8 Å². The fourth-order valence-corrected chi connectivity index (χ4v) is 7.43. The maximum Gasteiger partial charge on any atom is 0.417 e. The maximum atomic E-state index is 13.1. The standard InChI is InChI=1S/C26H24Cl2F3N3O5S2/c27-23-4-2-1-3-18(23)16-40(36,37)34-13-11-17(12-14-34)25(35)32-19-5-8-21(9-6-19)41(38,39)33-20-7-10-24(28)22(15-20)26(29,30)31/h1-10,15,17,33H,11-14,16H2,(H,32,35). The van der Waals surface area contributed by atoms with Crippen LogP contribution in [0, 0.1) is 5.92 Å². The minimum atomic E-state index is -4.76. The van der Waals surface area contributed by atoms with Crippen LogP contribution in [0.4, 0.5) is 24.5 Å². The van der Waals surface area contributed by atoms with Gasteiger partial charge in [-0.2, -0.15) is 13.2 Å². The van der Waals surface area contributed by atoms with Gasteiger partial charge in [-0.05, 0) is 66.9 Å². The number of nitrogens with one attached hydrogen (secondary N) is 2. The molecule has 8 nitrogen and oxygen atoms in total. The van der Waals surface area contributed by atoms with Crippen molar-refractivity contribution < 1.29 is 34.8 Å². The summed E-state index contributed by atoms with van der Waals surface area (Å²) in [6.07, 6.45) is -4.17. The Balaban J connectivity index is 1.34. The van der Waals surface area contributed by atoms with Gasteiger partial charge in [0.05, 0.1) is 21.2 Å². The van der Waals surface area contributed by atoms with Crippen molar-refractivity contribution in [3.63, 3.8) is 0 Å². The van der Waals surface area contributed by atoms with Gasteiger partial charge in [0.1, 0.15) is 0 Å². The summed E-state index contributed by atoms with van der Waals surface area (Å²) in [5, 5.41) is 2.49. The van der Waals surface area contributed by atoms with Gasteiger partial charge in [0.2, 0.25) is 15.9 Å². The highest BCUT2D eigenvalue weighted by atomic mass is 35.5. The Kier molecular flexibility index (Phi) is 9.24. The van der Waals surface area contributed by atoms with Gasteiger partial charge < -0.3 is 5.32 Å². The number of hydrogen-bond donors (Lipinski definition) is 2. The summed E-state index contributed by atoms with van der Waals surface area (Å²) in [6, 6.07) is 14.4. The predicted octanol–water partition coefficient (Wildman–Crippen LogP) is 5.99. The highest BCUT2D eigenvalue weighted by molar-refractivity contribution is 7.92. The van der Waals surface area contributed by atoms with E-state index < -0.39 is 42.7 Å². The Morgan fingerprint density at radius 3 is 2.10 bits per heavy atom. The highest BCUT2D eigenvalue weighted by Gasteiger charge is 2.34. The van der Waals surface area contributed by atoms with Crippen molar-refractivity contribution in [1.82, 2.24) is 4.31 Å². The number of alkyl halides is 3. The number of sulfonamides is 2. The first kappa shape index (κ1) is 31.1. The van der Waals surface area contributed by atoms with Crippen molar-refractivity contribution in [1.29, 1.82) is 0 Å². The summed E-state index contributed by atoms with van der Waals surface area (Å²) < 4.78 is 93.8. The van der Waals surface area contributed by atoms with E-state index in [1.54, 1.807) is 24.3 Å². The molecule has 0 radical (unpaired) electrons. The van der Waals surface area contributed by atoms with Crippen molar-refractivity contribution in [3.05, 3.63) is 87.9 Å². The number of carbonyl (C=O) groups excluding carboxylic acids is 1. The number of nitrogens with zero attached hydrogens (tertiary/aromatic N) is 1. The minimum absolute atomic E-state index is 0.161. The Morgan fingerprint density at radius 1 is 0.878 bits per heavy atom. The molecule has 1 heterocycles. The molecule has 1 amide bonds. The molecular weight excluding hydrogens is 626 g/mol. The number of hydrogen-bond acceptors (Lipinski definition) is 5. The van der Waals surface area contributed by atoms with Crippen molar-refractivity contribution in [2.75, 3.05) is 23.1 Å². The van der Waals surface area contributed by atoms with E-state index in [1.807, 2.05) is 0 Å². The SMILES string of the molecule is O=C(Nc1ccc(S(=O)(=O)Nc2ccc(Cl)c(C(F)(F)F)c2)cc1)C1CCN(S(=O)(=O)Cc2ccccc2Cl)CC1. The van der Waals surface area contributed by atoms with E-state index in [0.29, 0.717) is 35.2 Å². The van der Waals surface area contributed by atoms with Crippen molar-refractivity contribution >= 4 is 60.5 Å². The van der Waals surface area contributed by atoms with E-state index in [9.17, 15) is 34.8 Å². The lowest BCUT2D eigenvalue weighted by molar-refractivity contribution is -0.137. The summed E-state index contributed by atoms with van der Waals surface area (Å²) >= 11 is 11.7. The third-order valence-electron chi connectivity index (χ3n) is 6.47. The molecule has 1 aliphatic rings. The third kappa shape index (κ3) is 7.72. The van der Waals surface area contributed by atoms with Gasteiger partial charge in [-0.1, -0.05) is 41.4 Å². The molecule has 2 N–H and O–H groups in total. The second kappa shape index (κ2) is 12.2. The summed E-state index contributed by atoms with van der Waals surface area (Å²) in [5.74, 6) is -1.04. The molecule has 3 aromatic carbocycles. The van der Waals surface area contributed by atoms with Crippen LogP contribution in [0.3, 0.4) is 0 Å². The molecule has 1 fully saturated rings. The molecule has 0 atom stereocenters. The molecule has 15 heteroatoms. The molecule has 0 spiro atoms. The zero-order valence-electron chi connectivity index (χ0n) is 21.2. The minimum Gasteiger partial charge on any atom is -0.326 e. The molecule has 0 saturated carbocycles. The van der Waals surface area contributed by atoms with Gasteiger partial charge in [-0.3, -0.25) is 9.52 Å². The summed E-state index contributed by atoms with van der Waals surface area (Å²) in [5.41, 5.74) is -0.705. The monoisotopic (exact) mass is 649 g/mol. The molecule has 41 heavy (non-hydrogen) atoms. The quantitative estimate of drug-likeness (QED) is 0.311. The average molecular weight is 651 g/mol. The second-order valence-corrected chi connectivity index (χ2v) is 13.8. The van der Waals surface area contributed by atoms with E-state index in [4.69, 9.17) is 23.2 Å². The molecule has 1 saturated heterocycles. The van der Waals surface area contributed by atoms with Crippen LogP contribution < -0.4 is 10.0 Å². The van der Waals surface area contributed by atoms with Gasteiger partial charge >= 0.3 is 6.18 Å². The number of carbonyl (C=O) groups is 1. The van der Waals surface area contributed by atoms with Crippen molar-refractivity contribution in [2.24, 2.45) is 5.92 Å². The number of anilines is 2. The van der Waals surface area contributed by atoms with E-state index in [1.165, 1.54) is 28.6 Å². The van der Waals surface area contributed by atoms with Crippen molar-refractivity contribution in [3.8, 4) is 0 Å². The van der Waals surface area contributed by atoms with Crippen LogP contribution in [0.2, 0.25) is 10.0 Å². The van der Waals surface area contributed by atoms with Crippen molar-refractivity contribution in [2.45, 2.75) is 29.7 Å². The average Bonchev–Trinajstić information content (AvgIpc) is 2.90. The molecular formula is C26H24Cl2F3N3O5S2.